The molecule has 1 N–H and O–H groups in total. The molecule has 0 fully saturated rings. The molecule has 0 aliphatic heterocycles. The molecule has 3 rings (SSSR count). The summed E-state index contributed by atoms with van der Waals surface area (Å²) in [4.78, 5) is 17.0. The number of benzene rings is 2. The van der Waals surface area contributed by atoms with Crippen molar-refractivity contribution in [2.45, 2.75) is 39.3 Å². The Kier molecular flexibility index (Phi) is 6.37. The average Bonchev–Trinajstić information content (AvgIpc) is 3.15. The maximum Gasteiger partial charge on any atom is 0.416 e. The minimum absolute atomic E-state index is 0.109. The first kappa shape index (κ1) is 21.0. The van der Waals surface area contributed by atoms with Crippen LogP contribution in [0.1, 0.15) is 36.2 Å². The second-order valence-electron chi connectivity index (χ2n) is 6.60. The molecule has 0 saturated heterocycles. The lowest BCUT2D eigenvalue weighted by molar-refractivity contribution is -0.137. The van der Waals surface area contributed by atoms with Gasteiger partial charge in [-0.3, -0.25) is 4.79 Å². The molecule has 1 aromatic heterocycles. The summed E-state index contributed by atoms with van der Waals surface area (Å²) in [5, 5.41) is 5.35. The molecule has 2 aromatic carbocycles. The predicted octanol–water partition coefficient (Wildman–Crippen LogP) is 6.13. The van der Waals surface area contributed by atoms with E-state index in [9.17, 15) is 18.0 Å². The van der Waals surface area contributed by atoms with Crippen LogP contribution < -0.4 is 5.32 Å². The van der Waals surface area contributed by atoms with Crippen molar-refractivity contribution in [2.75, 3.05) is 5.32 Å². The lowest BCUT2D eigenvalue weighted by Gasteiger charge is -2.14. The molecule has 0 aliphatic rings. The Hall–Kier alpha value is -2.67. The van der Waals surface area contributed by atoms with Gasteiger partial charge in [-0.05, 0) is 36.1 Å². The number of aromatic nitrogens is 1. The van der Waals surface area contributed by atoms with E-state index in [2.05, 4.69) is 10.3 Å². The number of rotatable bonds is 6. The van der Waals surface area contributed by atoms with Crippen LogP contribution in [-0.2, 0) is 30.2 Å². The Morgan fingerprint density at radius 3 is 2.21 bits per heavy atom. The lowest BCUT2D eigenvalue weighted by atomic mass is 10.0. The van der Waals surface area contributed by atoms with Crippen LogP contribution in [0.15, 0.2) is 47.8 Å². The van der Waals surface area contributed by atoms with Crippen molar-refractivity contribution in [1.29, 1.82) is 0 Å². The summed E-state index contributed by atoms with van der Waals surface area (Å²) in [6.07, 6.45) is -2.62. The largest absolute Gasteiger partial charge is 0.416 e. The summed E-state index contributed by atoms with van der Waals surface area (Å²) in [7, 11) is 0. The zero-order valence-corrected chi connectivity index (χ0v) is 17.0. The second kappa shape index (κ2) is 8.78. The SMILES string of the molecule is CCc1cccc(CC)c1NC(=O)Cc1csc(-c2ccc(C(F)(F)F)cc2)n1. The highest BCUT2D eigenvalue weighted by Gasteiger charge is 2.30. The van der Waals surface area contributed by atoms with E-state index >= 15 is 0 Å². The van der Waals surface area contributed by atoms with Crippen LogP contribution in [0.5, 0.6) is 0 Å². The fourth-order valence-corrected chi connectivity index (χ4v) is 3.90. The van der Waals surface area contributed by atoms with Crippen molar-refractivity contribution in [3.63, 3.8) is 0 Å². The van der Waals surface area contributed by atoms with Gasteiger partial charge >= 0.3 is 6.18 Å². The van der Waals surface area contributed by atoms with Crippen molar-refractivity contribution in [3.05, 3.63) is 70.2 Å². The normalized spacial score (nSPS) is 11.5. The number of anilines is 1. The summed E-state index contributed by atoms with van der Waals surface area (Å²) in [6.45, 7) is 4.09. The Morgan fingerprint density at radius 2 is 1.66 bits per heavy atom. The summed E-state index contributed by atoms with van der Waals surface area (Å²) in [5.74, 6) is -0.162. The van der Waals surface area contributed by atoms with Gasteiger partial charge in [-0.1, -0.05) is 44.2 Å². The van der Waals surface area contributed by atoms with Gasteiger partial charge in [0.1, 0.15) is 5.01 Å². The van der Waals surface area contributed by atoms with Gasteiger partial charge in [-0.2, -0.15) is 13.2 Å². The molecule has 29 heavy (non-hydrogen) atoms. The quantitative estimate of drug-likeness (QED) is 0.523. The predicted molar refractivity (Wildman–Crippen MR) is 110 cm³/mol. The molecule has 1 amide bonds. The molecule has 0 radical (unpaired) electrons. The number of nitrogens with zero attached hydrogens (tertiary/aromatic N) is 1. The summed E-state index contributed by atoms with van der Waals surface area (Å²) in [5.41, 5.74) is 3.52. The first-order valence-electron chi connectivity index (χ1n) is 9.34. The molecule has 1 heterocycles. The van der Waals surface area contributed by atoms with E-state index in [4.69, 9.17) is 0 Å². The highest BCUT2D eigenvalue weighted by Crippen LogP contribution is 2.32. The number of halogens is 3. The molecule has 0 saturated carbocycles. The third-order valence-corrected chi connectivity index (χ3v) is 5.56. The smallest absolute Gasteiger partial charge is 0.325 e. The minimum Gasteiger partial charge on any atom is -0.325 e. The number of carbonyl (C=O) groups is 1. The van der Waals surface area contributed by atoms with Gasteiger partial charge in [-0.25, -0.2) is 4.98 Å². The third-order valence-electron chi connectivity index (χ3n) is 4.62. The van der Waals surface area contributed by atoms with Gasteiger partial charge < -0.3 is 5.32 Å². The van der Waals surface area contributed by atoms with E-state index in [1.165, 1.54) is 23.5 Å². The van der Waals surface area contributed by atoms with Crippen molar-refractivity contribution < 1.29 is 18.0 Å². The Morgan fingerprint density at radius 1 is 1.03 bits per heavy atom. The van der Waals surface area contributed by atoms with E-state index < -0.39 is 11.7 Å². The van der Waals surface area contributed by atoms with Crippen LogP contribution in [-0.4, -0.2) is 10.9 Å². The van der Waals surface area contributed by atoms with Crippen LogP contribution in [0.2, 0.25) is 0 Å². The van der Waals surface area contributed by atoms with Gasteiger partial charge in [-0.15, -0.1) is 11.3 Å². The number of carbonyl (C=O) groups excluding carboxylic acids is 1. The van der Waals surface area contributed by atoms with Gasteiger partial charge in [0, 0.05) is 16.6 Å². The monoisotopic (exact) mass is 418 g/mol. The molecule has 3 aromatic rings. The van der Waals surface area contributed by atoms with Gasteiger partial charge in [0.25, 0.3) is 0 Å². The van der Waals surface area contributed by atoms with Crippen LogP contribution >= 0.6 is 11.3 Å². The maximum atomic E-state index is 12.7. The first-order valence-corrected chi connectivity index (χ1v) is 10.2. The summed E-state index contributed by atoms with van der Waals surface area (Å²) < 4.78 is 38.1. The molecule has 0 atom stereocenters. The Labute approximate surface area is 171 Å². The van der Waals surface area contributed by atoms with E-state index in [1.54, 1.807) is 5.38 Å². The molecule has 152 valence electrons. The Balaban J connectivity index is 1.71. The summed E-state index contributed by atoms with van der Waals surface area (Å²) >= 11 is 1.31. The third kappa shape index (κ3) is 5.03. The van der Waals surface area contributed by atoms with E-state index in [0.29, 0.717) is 16.3 Å². The standard InChI is InChI=1S/C22H21F3N2OS/c1-3-14-6-5-7-15(4-2)20(14)27-19(28)12-18-13-29-21(26-18)16-8-10-17(11-9-16)22(23,24)25/h5-11,13H,3-4,12H2,1-2H3,(H,27,28). The molecule has 0 bridgehead atoms. The van der Waals surface area contributed by atoms with Crippen molar-refractivity contribution >= 4 is 22.9 Å². The second-order valence-corrected chi connectivity index (χ2v) is 7.46. The van der Waals surface area contributed by atoms with Crippen LogP contribution in [0, 0.1) is 0 Å². The van der Waals surface area contributed by atoms with Crippen LogP contribution in [0.4, 0.5) is 18.9 Å². The molecular weight excluding hydrogens is 397 g/mol. The number of hydrogen-bond donors (Lipinski definition) is 1. The zero-order valence-electron chi connectivity index (χ0n) is 16.1. The van der Waals surface area contributed by atoms with Crippen molar-refractivity contribution in [3.8, 4) is 10.6 Å². The van der Waals surface area contributed by atoms with Crippen LogP contribution in [0.3, 0.4) is 0 Å². The number of amides is 1. The molecular formula is C22H21F3N2OS. The fourth-order valence-electron chi connectivity index (χ4n) is 3.07. The number of thiazole rings is 1. The molecule has 3 nitrogen and oxygen atoms in total. The minimum atomic E-state index is -4.36. The number of nitrogens with one attached hydrogen (secondary N) is 1. The van der Waals surface area contributed by atoms with Crippen molar-refractivity contribution in [1.82, 2.24) is 4.98 Å². The molecule has 0 spiro atoms. The fraction of sp³-hybridized carbons (Fsp3) is 0.273. The van der Waals surface area contributed by atoms with Gasteiger partial charge in [0.2, 0.25) is 5.91 Å². The summed E-state index contributed by atoms with van der Waals surface area (Å²) in [6, 6.07) is 10.9. The lowest BCUT2D eigenvalue weighted by Crippen LogP contribution is -2.17. The average molecular weight is 418 g/mol. The van der Waals surface area contributed by atoms with E-state index in [-0.39, 0.29) is 12.3 Å². The number of hydrogen-bond acceptors (Lipinski definition) is 3. The molecule has 7 heteroatoms. The first-order chi connectivity index (χ1) is 13.8. The van der Waals surface area contributed by atoms with E-state index in [0.717, 1.165) is 41.8 Å². The molecule has 0 unspecified atom stereocenters. The van der Waals surface area contributed by atoms with Crippen LogP contribution in [0.25, 0.3) is 10.6 Å². The number of para-hydroxylation sites is 1. The Bertz CT molecular complexity index is 972. The molecule has 0 aliphatic carbocycles. The number of alkyl halides is 3. The maximum absolute atomic E-state index is 12.7. The highest BCUT2D eigenvalue weighted by atomic mass is 32.1. The highest BCUT2D eigenvalue weighted by molar-refractivity contribution is 7.13. The van der Waals surface area contributed by atoms with E-state index in [1.807, 2.05) is 32.0 Å². The number of aryl methyl sites for hydroxylation is 2. The zero-order chi connectivity index (χ0) is 21.0. The van der Waals surface area contributed by atoms with Crippen molar-refractivity contribution in [2.24, 2.45) is 0 Å². The van der Waals surface area contributed by atoms with Gasteiger partial charge in [0.15, 0.2) is 0 Å². The topological polar surface area (TPSA) is 42.0 Å². The van der Waals surface area contributed by atoms with Gasteiger partial charge in [0.05, 0.1) is 17.7 Å².